The van der Waals surface area contributed by atoms with Crippen molar-refractivity contribution in [1.82, 2.24) is 14.9 Å². The summed E-state index contributed by atoms with van der Waals surface area (Å²) in [6.45, 7) is 4.52. The zero-order valence-corrected chi connectivity index (χ0v) is 18.5. The molecule has 0 aromatic heterocycles. The molecular weight excluding hydrogens is 430 g/mol. The van der Waals surface area contributed by atoms with Crippen LogP contribution in [0.4, 0.5) is 0 Å². The highest BCUT2D eigenvalue weighted by Gasteiger charge is 2.44. The van der Waals surface area contributed by atoms with E-state index in [2.05, 4.69) is 0 Å². The molecule has 0 saturated carbocycles. The van der Waals surface area contributed by atoms with Crippen molar-refractivity contribution in [3.63, 3.8) is 0 Å². The lowest BCUT2D eigenvalue weighted by atomic mass is 9.94. The summed E-state index contributed by atoms with van der Waals surface area (Å²) in [5.41, 5.74) is 2.91. The van der Waals surface area contributed by atoms with Gasteiger partial charge in [0, 0.05) is 22.8 Å². The Morgan fingerprint density at radius 2 is 1.94 bits per heavy atom. The van der Waals surface area contributed by atoms with Gasteiger partial charge in [0.05, 0.1) is 12.7 Å². The second kappa shape index (κ2) is 7.85. The molecule has 1 amide bonds. The number of carbonyl (C=O) groups excluding carboxylic acids is 1. The van der Waals surface area contributed by atoms with Gasteiger partial charge < -0.3 is 19.8 Å². The summed E-state index contributed by atoms with van der Waals surface area (Å²) in [4.78, 5) is 14.9. The summed E-state index contributed by atoms with van der Waals surface area (Å²) in [6.07, 6.45) is 1.86. The Kier molecular flexibility index (Phi) is 5.12. The first-order valence-corrected chi connectivity index (χ1v) is 10.9. The van der Waals surface area contributed by atoms with Gasteiger partial charge in [0.25, 0.3) is 5.91 Å². The van der Waals surface area contributed by atoms with E-state index in [0.717, 1.165) is 22.4 Å². The van der Waals surface area contributed by atoms with Crippen LogP contribution in [0.15, 0.2) is 66.2 Å². The third-order valence-corrected chi connectivity index (χ3v) is 6.35. The smallest absolute Gasteiger partial charge is 0.276 e. The number of aliphatic hydroxyl groups is 2. The Balaban J connectivity index is 1.73. The quantitative estimate of drug-likeness (QED) is 0.722. The first-order chi connectivity index (χ1) is 15.4. The number of nitrogens with zero attached hydrogens (tertiary/aromatic N) is 3. The van der Waals surface area contributed by atoms with Crippen LogP contribution in [-0.4, -0.2) is 49.9 Å². The molecule has 0 radical (unpaired) electrons. The summed E-state index contributed by atoms with van der Waals surface area (Å²) in [7, 11) is 0. The Hall–Kier alpha value is -3.00. The van der Waals surface area contributed by atoms with Crippen molar-refractivity contribution in [2.45, 2.75) is 38.6 Å². The lowest BCUT2D eigenvalue weighted by Gasteiger charge is -2.49. The van der Waals surface area contributed by atoms with Crippen molar-refractivity contribution >= 4 is 17.5 Å². The highest BCUT2D eigenvalue weighted by Crippen LogP contribution is 2.44. The van der Waals surface area contributed by atoms with Gasteiger partial charge in [0.1, 0.15) is 18.5 Å². The normalized spacial score (nSPS) is 23.0. The molecule has 2 unspecified atom stereocenters. The SMILES string of the molecule is CC(C)N1CN(C2c3cc(Cl)ccc3COc3ccccc32)N2C=CC(O)C(O)=C2C1=O. The van der Waals surface area contributed by atoms with Crippen molar-refractivity contribution in [2.24, 2.45) is 0 Å². The van der Waals surface area contributed by atoms with E-state index in [4.69, 9.17) is 16.3 Å². The summed E-state index contributed by atoms with van der Waals surface area (Å²) in [5, 5.41) is 25.1. The van der Waals surface area contributed by atoms with Crippen LogP contribution in [0, 0.1) is 0 Å². The maximum absolute atomic E-state index is 13.2. The summed E-state index contributed by atoms with van der Waals surface area (Å²) < 4.78 is 6.12. The molecule has 2 aromatic carbocycles. The molecule has 0 bridgehead atoms. The average molecular weight is 454 g/mol. The minimum Gasteiger partial charge on any atom is -0.507 e. The molecule has 0 spiro atoms. The molecule has 5 rings (SSSR count). The second-order valence-electron chi connectivity index (χ2n) is 8.39. The lowest BCUT2D eigenvalue weighted by Crippen LogP contribution is -2.60. The maximum atomic E-state index is 13.2. The van der Waals surface area contributed by atoms with E-state index in [1.165, 1.54) is 6.08 Å². The minimum atomic E-state index is -1.23. The molecule has 166 valence electrons. The van der Waals surface area contributed by atoms with Crippen LogP contribution in [0.2, 0.25) is 5.02 Å². The molecule has 2 aromatic rings. The van der Waals surface area contributed by atoms with Gasteiger partial charge in [-0.05, 0) is 49.2 Å². The Morgan fingerprint density at radius 1 is 1.16 bits per heavy atom. The molecule has 7 nitrogen and oxygen atoms in total. The van der Waals surface area contributed by atoms with Crippen molar-refractivity contribution < 1.29 is 19.7 Å². The minimum absolute atomic E-state index is 0.0474. The van der Waals surface area contributed by atoms with Crippen LogP contribution in [-0.2, 0) is 11.4 Å². The first-order valence-electron chi connectivity index (χ1n) is 10.5. The maximum Gasteiger partial charge on any atom is 0.276 e. The van der Waals surface area contributed by atoms with Crippen molar-refractivity contribution in [3.8, 4) is 5.75 Å². The molecule has 8 heteroatoms. The molecule has 3 aliphatic rings. The van der Waals surface area contributed by atoms with Gasteiger partial charge in [-0.15, -0.1) is 0 Å². The summed E-state index contributed by atoms with van der Waals surface area (Å²) in [5.74, 6) is 0.0487. The molecule has 3 heterocycles. The van der Waals surface area contributed by atoms with Crippen LogP contribution < -0.4 is 4.74 Å². The number of amides is 1. The topological polar surface area (TPSA) is 76.5 Å². The van der Waals surface area contributed by atoms with Crippen LogP contribution in [0.5, 0.6) is 5.75 Å². The van der Waals surface area contributed by atoms with Crippen LogP contribution in [0.25, 0.3) is 0 Å². The monoisotopic (exact) mass is 453 g/mol. The van der Waals surface area contributed by atoms with Crippen molar-refractivity contribution in [3.05, 3.63) is 87.9 Å². The van der Waals surface area contributed by atoms with E-state index < -0.39 is 6.10 Å². The number of hydrogen-bond donors (Lipinski definition) is 2. The number of para-hydroxylation sites is 1. The fourth-order valence-corrected chi connectivity index (χ4v) is 4.65. The van der Waals surface area contributed by atoms with Gasteiger partial charge in [-0.1, -0.05) is 35.9 Å². The van der Waals surface area contributed by atoms with Gasteiger partial charge in [-0.2, -0.15) is 5.01 Å². The van der Waals surface area contributed by atoms with E-state index in [1.807, 2.05) is 61.3 Å². The van der Waals surface area contributed by atoms with Crippen LogP contribution in [0.3, 0.4) is 0 Å². The molecule has 2 atom stereocenters. The fraction of sp³-hybridized carbons (Fsp3) is 0.292. The standard InChI is InChI=1S/C24H24ClN3O4/c1-14(2)26-13-28(27-10-9-19(29)23(30)22(27)24(26)31)21-17-5-3-4-6-20(17)32-12-15-7-8-16(25)11-18(15)21/h3-11,14,19,21,29-30H,12-13H2,1-2H3. The van der Waals surface area contributed by atoms with E-state index in [9.17, 15) is 15.0 Å². The molecule has 1 fully saturated rings. The van der Waals surface area contributed by atoms with Crippen LogP contribution in [0.1, 0.15) is 36.6 Å². The van der Waals surface area contributed by atoms with Gasteiger partial charge in [0.2, 0.25) is 0 Å². The number of ether oxygens (including phenoxy) is 1. The first kappa shape index (κ1) is 20.9. The number of rotatable bonds is 2. The van der Waals surface area contributed by atoms with E-state index in [-0.39, 0.29) is 36.1 Å². The highest BCUT2D eigenvalue weighted by atomic mass is 35.5. The predicted molar refractivity (Wildman–Crippen MR) is 119 cm³/mol. The average Bonchev–Trinajstić information content (AvgIpc) is 2.93. The number of halogens is 1. The number of hydrogen-bond acceptors (Lipinski definition) is 6. The predicted octanol–water partition coefficient (Wildman–Crippen LogP) is 3.71. The number of hydrazine groups is 1. The number of fused-ring (bicyclic) bond motifs is 3. The fourth-order valence-electron chi connectivity index (χ4n) is 4.47. The summed E-state index contributed by atoms with van der Waals surface area (Å²) in [6, 6.07) is 13.0. The zero-order chi connectivity index (χ0) is 22.6. The third-order valence-electron chi connectivity index (χ3n) is 6.12. The molecule has 0 aliphatic carbocycles. The van der Waals surface area contributed by atoms with E-state index >= 15 is 0 Å². The molecule has 2 N–H and O–H groups in total. The van der Waals surface area contributed by atoms with E-state index in [0.29, 0.717) is 11.6 Å². The third kappa shape index (κ3) is 3.24. The highest BCUT2D eigenvalue weighted by molar-refractivity contribution is 6.30. The molecule has 1 saturated heterocycles. The van der Waals surface area contributed by atoms with Crippen molar-refractivity contribution in [2.75, 3.05) is 6.67 Å². The number of carbonyl (C=O) groups is 1. The Bertz CT molecular complexity index is 1150. The Labute approximate surface area is 191 Å². The van der Waals surface area contributed by atoms with Gasteiger partial charge in [-0.25, -0.2) is 0 Å². The van der Waals surface area contributed by atoms with Gasteiger partial charge >= 0.3 is 0 Å². The largest absolute Gasteiger partial charge is 0.507 e. The van der Waals surface area contributed by atoms with Gasteiger partial charge in [0.15, 0.2) is 11.5 Å². The number of benzene rings is 2. The zero-order valence-electron chi connectivity index (χ0n) is 17.8. The van der Waals surface area contributed by atoms with Crippen LogP contribution >= 0.6 is 11.6 Å². The lowest BCUT2D eigenvalue weighted by molar-refractivity contribution is -0.153. The number of aliphatic hydroxyl groups excluding tert-OH is 2. The Morgan fingerprint density at radius 3 is 2.72 bits per heavy atom. The second-order valence-corrected chi connectivity index (χ2v) is 8.82. The summed E-state index contributed by atoms with van der Waals surface area (Å²) >= 11 is 6.41. The molecule has 32 heavy (non-hydrogen) atoms. The molecule has 3 aliphatic heterocycles. The van der Waals surface area contributed by atoms with E-state index in [1.54, 1.807) is 16.1 Å². The van der Waals surface area contributed by atoms with Crippen molar-refractivity contribution in [1.29, 1.82) is 0 Å². The van der Waals surface area contributed by atoms with Gasteiger partial charge in [-0.3, -0.25) is 9.80 Å². The molecular formula is C24H24ClN3O4.